The molecular weight excluding hydrogens is 310 g/mol. The van der Waals surface area contributed by atoms with Gasteiger partial charge in [-0.3, -0.25) is 4.90 Å². The number of nitrogens with zero attached hydrogens (tertiary/aromatic N) is 1. The van der Waals surface area contributed by atoms with Gasteiger partial charge >= 0.3 is 6.09 Å². The quantitative estimate of drug-likeness (QED) is 0.718. The van der Waals surface area contributed by atoms with Crippen molar-refractivity contribution in [2.24, 2.45) is 0 Å². The fraction of sp³-hybridized carbons (Fsp3) is 0.316. The second kappa shape index (κ2) is 6.63. The molecule has 0 aliphatic heterocycles. The van der Waals surface area contributed by atoms with E-state index in [9.17, 15) is 4.79 Å². The van der Waals surface area contributed by atoms with Gasteiger partial charge in [0.05, 0.1) is 0 Å². The Morgan fingerprint density at radius 3 is 2.39 bits per heavy atom. The predicted octanol–water partition coefficient (Wildman–Crippen LogP) is 5.58. The number of amides is 1. The van der Waals surface area contributed by atoms with Crippen LogP contribution in [0, 0.1) is 6.92 Å². The van der Waals surface area contributed by atoms with Crippen molar-refractivity contribution in [3.05, 3.63) is 58.6 Å². The highest BCUT2D eigenvalue weighted by molar-refractivity contribution is 6.31. The number of ether oxygens (including phenoxy) is 1. The summed E-state index contributed by atoms with van der Waals surface area (Å²) in [5.74, 6) is 0.491. The molecule has 0 saturated heterocycles. The molecule has 0 atom stereocenters. The van der Waals surface area contributed by atoms with Gasteiger partial charge in [0.15, 0.2) is 0 Å². The van der Waals surface area contributed by atoms with Crippen LogP contribution in [0.1, 0.15) is 31.9 Å². The standard InChI is InChI=1S/C19H22ClNO2/c1-13-8-6-7-9-17(13)21(5)18(22)23-14-10-11-16(20)15(12-14)19(2,3)4/h6-12H,1-5H3. The van der Waals surface area contributed by atoms with E-state index in [0.29, 0.717) is 10.8 Å². The average molecular weight is 332 g/mol. The Labute approximate surface area is 142 Å². The molecule has 23 heavy (non-hydrogen) atoms. The van der Waals surface area contributed by atoms with Crippen LogP contribution in [-0.4, -0.2) is 13.1 Å². The summed E-state index contributed by atoms with van der Waals surface area (Å²) in [6.07, 6.45) is -0.429. The van der Waals surface area contributed by atoms with E-state index in [1.54, 1.807) is 19.2 Å². The lowest BCUT2D eigenvalue weighted by Crippen LogP contribution is -2.30. The van der Waals surface area contributed by atoms with Crippen LogP contribution in [0.4, 0.5) is 10.5 Å². The summed E-state index contributed by atoms with van der Waals surface area (Å²) >= 11 is 6.25. The van der Waals surface area contributed by atoms with Crippen LogP contribution in [0.5, 0.6) is 5.75 Å². The van der Waals surface area contributed by atoms with E-state index in [1.807, 2.05) is 37.3 Å². The maximum atomic E-state index is 12.4. The van der Waals surface area contributed by atoms with Crippen LogP contribution in [0.3, 0.4) is 0 Å². The van der Waals surface area contributed by atoms with E-state index in [-0.39, 0.29) is 5.41 Å². The average Bonchev–Trinajstić information content (AvgIpc) is 2.48. The molecule has 0 N–H and O–H groups in total. The number of hydrogen-bond acceptors (Lipinski definition) is 2. The monoisotopic (exact) mass is 331 g/mol. The molecule has 4 heteroatoms. The lowest BCUT2D eigenvalue weighted by molar-refractivity contribution is 0.209. The molecule has 2 aromatic rings. The zero-order chi connectivity index (χ0) is 17.2. The first-order valence-corrected chi connectivity index (χ1v) is 7.89. The third kappa shape index (κ3) is 4.05. The topological polar surface area (TPSA) is 29.5 Å². The van der Waals surface area contributed by atoms with Crippen molar-refractivity contribution in [3.63, 3.8) is 0 Å². The molecule has 0 aliphatic rings. The number of rotatable bonds is 2. The van der Waals surface area contributed by atoms with Crippen molar-refractivity contribution < 1.29 is 9.53 Å². The van der Waals surface area contributed by atoms with Gasteiger partial charge in [0, 0.05) is 17.8 Å². The zero-order valence-corrected chi connectivity index (χ0v) is 14.9. The van der Waals surface area contributed by atoms with Gasteiger partial charge in [-0.2, -0.15) is 0 Å². The SMILES string of the molecule is Cc1ccccc1N(C)C(=O)Oc1ccc(Cl)c(C(C)(C)C)c1. The van der Waals surface area contributed by atoms with Crippen molar-refractivity contribution in [3.8, 4) is 5.75 Å². The molecule has 1 amide bonds. The molecule has 122 valence electrons. The van der Waals surface area contributed by atoms with E-state index in [2.05, 4.69) is 20.8 Å². The Bertz CT molecular complexity index is 720. The van der Waals surface area contributed by atoms with Crippen LogP contribution < -0.4 is 9.64 Å². The fourth-order valence-electron chi connectivity index (χ4n) is 2.35. The van der Waals surface area contributed by atoms with Gasteiger partial charge in [-0.1, -0.05) is 50.6 Å². The smallest absolute Gasteiger partial charge is 0.410 e. The minimum absolute atomic E-state index is 0.124. The Morgan fingerprint density at radius 1 is 1.13 bits per heavy atom. The number of benzene rings is 2. The molecular formula is C19H22ClNO2. The van der Waals surface area contributed by atoms with E-state index in [0.717, 1.165) is 16.8 Å². The Balaban J connectivity index is 2.22. The summed E-state index contributed by atoms with van der Waals surface area (Å²) in [4.78, 5) is 13.9. The van der Waals surface area contributed by atoms with Crippen molar-refractivity contribution in [1.82, 2.24) is 0 Å². The summed E-state index contributed by atoms with van der Waals surface area (Å²) in [5, 5.41) is 0.671. The highest BCUT2D eigenvalue weighted by Gasteiger charge is 2.20. The number of halogens is 1. The third-order valence-electron chi connectivity index (χ3n) is 3.70. The van der Waals surface area contributed by atoms with E-state index in [4.69, 9.17) is 16.3 Å². The minimum atomic E-state index is -0.429. The molecule has 0 spiro atoms. The molecule has 0 aliphatic carbocycles. The van der Waals surface area contributed by atoms with Gasteiger partial charge in [-0.15, -0.1) is 0 Å². The fourth-order valence-corrected chi connectivity index (χ4v) is 2.75. The van der Waals surface area contributed by atoms with Crippen LogP contribution >= 0.6 is 11.6 Å². The van der Waals surface area contributed by atoms with Crippen molar-refractivity contribution >= 4 is 23.4 Å². The maximum Gasteiger partial charge on any atom is 0.419 e. The number of hydrogen-bond donors (Lipinski definition) is 0. The molecule has 0 saturated carbocycles. The van der Waals surface area contributed by atoms with Gasteiger partial charge in [0.25, 0.3) is 0 Å². The number of carbonyl (C=O) groups is 1. The molecule has 0 heterocycles. The number of carbonyl (C=O) groups excluding carboxylic acids is 1. The summed E-state index contributed by atoms with van der Waals surface area (Å²) in [7, 11) is 1.70. The van der Waals surface area contributed by atoms with E-state index < -0.39 is 6.09 Å². The molecule has 2 rings (SSSR count). The van der Waals surface area contributed by atoms with Crippen LogP contribution in [-0.2, 0) is 5.41 Å². The zero-order valence-electron chi connectivity index (χ0n) is 14.2. The van der Waals surface area contributed by atoms with E-state index in [1.165, 1.54) is 4.90 Å². The summed E-state index contributed by atoms with van der Waals surface area (Å²) in [5.41, 5.74) is 2.66. The molecule has 2 aromatic carbocycles. The highest BCUT2D eigenvalue weighted by Crippen LogP contribution is 2.32. The first kappa shape index (κ1) is 17.4. The number of aryl methyl sites for hydroxylation is 1. The lowest BCUT2D eigenvalue weighted by atomic mass is 9.87. The molecule has 0 fully saturated rings. The van der Waals surface area contributed by atoms with Crippen molar-refractivity contribution in [2.45, 2.75) is 33.1 Å². The van der Waals surface area contributed by atoms with Crippen LogP contribution in [0.15, 0.2) is 42.5 Å². The normalized spacial score (nSPS) is 11.2. The summed E-state index contributed by atoms with van der Waals surface area (Å²) in [6, 6.07) is 13.0. The second-order valence-electron chi connectivity index (χ2n) is 6.61. The minimum Gasteiger partial charge on any atom is -0.410 e. The Kier molecular flexibility index (Phi) is 5.00. The molecule has 0 unspecified atom stereocenters. The largest absolute Gasteiger partial charge is 0.419 e. The van der Waals surface area contributed by atoms with Gasteiger partial charge in [0.1, 0.15) is 5.75 Å². The van der Waals surface area contributed by atoms with Crippen LogP contribution in [0.25, 0.3) is 0 Å². The summed E-state index contributed by atoms with van der Waals surface area (Å²) < 4.78 is 5.50. The second-order valence-corrected chi connectivity index (χ2v) is 7.01. The molecule has 3 nitrogen and oxygen atoms in total. The lowest BCUT2D eigenvalue weighted by Gasteiger charge is -2.22. The summed E-state index contributed by atoms with van der Waals surface area (Å²) in [6.45, 7) is 8.16. The Hall–Kier alpha value is -2.00. The molecule has 0 radical (unpaired) electrons. The first-order valence-electron chi connectivity index (χ1n) is 7.51. The van der Waals surface area contributed by atoms with Gasteiger partial charge in [-0.05, 0) is 47.7 Å². The number of para-hydroxylation sites is 1. The van der Waals surface area contributed by atoms with Crippen LogP contribution in [0.2, 0.25) is 5.02 Å². The first-order chi connectivity index (χ1) is 10.7. The predicted molar refractivity (Wildman–Crippen MR) is 95.8 cm³/mol. The number of anilines is 1. The molecule has 0 aromatic heterocycles. The van der Waals surface area contributed by atoms with Gasteiger partial charge < -0.3 is 4.74 Å². The van der Waals surface area contributed by atoms with Crippen molar-refractivity contribution in [2.75, 3.05) is 11.9 Å². The van der Waals surface area contributed by atoms with Gasteiger partial charge in [-0.25, -0.2) is 4.79 Å². The Morgan fingerprint density at radius 2 is 1.78 bits per heavy atom. The highest BCUT2D eigenvalue weighted by atomic mass is 35.5. The molecule has 0 bridgehead atoms. The van der Waals surface area contributed by atoms with E-state index >= 15 is 0 Å². The van der Waals surface area contributed by atoms with Crippen molar-refractivity contribution in [1.29, 1.82) is 0 Å². The third-order valence-corrected chi connectivity index (χ3v) is 4.03. The van der Waals surface area contributed by atoms with Gasteiger partial charge in [0.2, 0.25) is 0 Å². The maximum absolute atomic E-state index is 12.4.